The summed E-state index contributed by atoms with van der Waals surface area (Å²) in [6, 6.07) is 9.61. The van der Waals surface area contributed by atoms with Crippen LogP contribution >= 0.6 is 23.4 Å². The molecule has 0 radical (unpaired) electrons. The Hall–Kier alpha value is -1.94. The fraction of sp³-hybridized carbons (Fsp3) is 0.381. The fourth-order valence-corrected chi connectivity index (χ4v) is 5.95. The van der Waals surface area contributed by atoms with Crippen LogP contribution in [0.4, 0.5) is 0 Å². The Morgan fingerprint density at radius 2 is 1.90 bits per heavy atom. The molecular weight excluding hydrogens is 460 g/mol. The van der Waals surface area contributed by atoms with Crippen molar-refractivity contribution in [3.05, 3.63) is 52.5 Å². The minimum atomic E-state index is -3.67. The van der Waals surface area contributed by atoms with Crippen LogP contribution in [-0.2, 0) is 16.6 Å². The summed E-state index contributed by atoms with van der Waals surface area (Å²) in [4.78, 5) is 12.8. The number of thioether (sulfide) groups is 1. The molecule has 1 amide bonds. The minimum Gasteiger partial charge on any atom is -0.493 e. The lowest BCUT2D eigenvalue weighted by molar-refractivity contribution is 0.0951. The predicted molar refractivity (Wildman–Crippen MR) is 123 cm³/mol. The van der Waals surface area contributed by atoms with Crippen molar-refractivity contribution in [1.29, 1.82) is 0 Å². The number of rotatable bonds is 8. The predicted octanol–water partition coefficient (Wildman–Crippen LogP) is 3.41. The molecule has 0 saturated carbocycles. The van der Waals surface area contributed by atoms with E-state index < -0.39 is 15.9 Å². The van der Waals surface area contributed by atoms with E-state index in [1.165, 1.54) is 22.5 Å². The molecule has 0 spiro atoms. The summed E-state index contributed by atoms with van der Waals surface area (Å²) in [5.74, 6) is 2.25. The number of nitrogens with one attached hydrogen (secondary N) is 1. The zero-order valence-electron chi connectivity index (χ0n) is 17.4. The molecule has 3 rings (SSSR count). The molecule has 0 bridgehead atoms. The van der Waals surface area contributed by atoms with Gasteiger partial charge in [-0.15, -0.1) is 0 Å². The molecule has 168 valence electrons. The first-order valence-corrected chi connectivity index (χ1v) is 12.8. The van der Waals surface area contributed by atoms with Crippen molar-refractivity contribution in [3.63, 3.8) is 0 Å². The first-order chi connectivity index (χ1) is 14.9. The largest absolute Gasteiger partial charge is 0.493 e. The fourth-order valence-electron chi connectivity index (χ4n) is 3.15. The van der Waals surface area contributed by atoms with E-state index in [1.54, 1.807) is 31.0 Å². The quantitative estimate of drug-likeness (QED) is 0.618. The number of halogens is 1. The molecule has 31 heavy (non-hydrogen) atoms. The summed E-state index contributed by atoms with van der Waals surface area (Å²) in [7, 11) is -2.12. The number of carbonyl (C=O) groups is 1. The van der Waals surface area contributed by atoms with Crippen LogP contribution < -0.4 is 14.8 Å². The smallest absolute Gasteiger partial charge is 0.253 e. The van der Waals surface area contributed by atoms with Gasteiger partial charge in [0.15, 0.2) is 11.5 Å². The average molecular weight is 485 g/mol. The number of methoxy groups -OCH3 is 1. The van der Waals surface area contributed by atoms with Gasteiger partial charge in [-0.2, -0.15) is 16.1 Å². The number of hydrogen-bond acceptors (Lipinski definition) is 6. The summed E-state index contributed by atoms with van der Waals surface area (Å²) in [5.41, 5.74) is 0.923. The van der Waals surface area contributed by atoms with Crippen LogP contribution in [0.3, 0.4) is 0 Å². The van der Waals surface area contributed by atoms with Gasteiger partial charge in [-0.05, 0) is 42.8 Å². The number of carbonyl (C=O) groups excluding carboxylic acids is 1. The number of amides is 1. The molecule has 7 nitrogen and oxygen atoms in total. The maximum absolute atomic E-state index is 12.9. The SMILES string of the molecule is CCOc1ccc(CNC(=O)c2cc(S(=O)(=O)N3CCSCC3)ccc2Cl)cc1OC. The Balaban J connectivity index is 1.75. The minimum absolute atomic E-state index is 0.0664. The number of nitrogens with zero attached hydrogens (tertiary/aromatic N) is 1. The van der Waals surface area contributed by atoms with Gasteiger partial charge in [0.05, 0.1) is 29.2 Å². The molecule has 0 unspecified atom stereocenters. The second-order valence-corrected chi connectivity index (χ2v) is 10.3. The molecule has 1 fully saturated rings. The van der Waals surface area contributed by atoms with E-state index in [2.05, 4.69) is 5.32 Å². The third-order valence-electron chi connectivity index (χ3n) is 4.77. The van der Waals surface area contributed by atoms with E-state index in [0.29, 0.717) is 31.2 Å². The third kappa shape index (κ3) is 5.65. The number of hydrogen-bond donors (Lipinski definition) is 1. The molecule has 1 saturated heterocycles. The standard InChI is InChI=1S/C21H25ClN2O5S2/c1-3-29-19-7-4-15(12-20(19)28-2)14-23-21(25)17-13-16(5-6-18(17)22)31(26,27)24-8-10-30-11-9-24/h4-7,12-13H,3,8-11,14H2,1-2H3,(H,23,25). The lowest BCUT2D eigenvalue weighted by Gasteiger charge is -2.25. The number of ether oxygens (including phenoxy) is 2. The van der Waals surface area contributed by atoms with Crippen molar-refractivity contribution in [2.45, 2.75) is 18.4 Å². The van der Waals surface area contributed by atoms with Gasteiger partial charge in [-0.3, -0.25) is 4.79 Å². The Morgan fingerprint density at radius 1 is 1.16 bits per heavy atom. The zero-order valence-corrected chi connectivity index (χ0v) is 19.8. The van der Waals surface area contributed by atoms with Crippen molar-refractivity contribution in [1.82, 2.24) is 9.62 Å². The van der Waals surface area contributed by atoms with Crippen LogP contribution in [0.15, 0.2) is 41.3 Å². The van der Waals surface area contributed by atoms with Crippen LogP contribution in [-0.4, -0.2) is 56.9 Å². The molecule has 10 heteroatoms. The van der Waals surface area contributed by atoms with E-state index in [9.17, 15) is 13.2 Å². The first kappa shape index (κ1) is 23.7. The topological polar surface area (TPSA) is 84.9 Å². The zero-order chi connectivity index (χ0) is 22.4. The molecule has 0 aliphatic carbocycles. The van der Waals surface area contributed by atoms with E-state index in [4.69, 9.17) is 21.1 Å². The molecule has 0 aromatic heterocycles. The second-order valence-electron chi connectivity index (χ2n) is 6.76. The summed E-state index contributed by atoms with van der Waals surface area (Å²) in [6.07, 6.45) is 0. The van der Waals surface area contributed by atoms with Crippen LogP contribution in [0.1, 0.15) is 22.8 Å². The van der Waals surface area contributed by atoms with E-state index in [0.717, 1.165) is 17.1 Å². The molecule has 0 atom stereocenters. The number of sulfonamides is 1. The normalized spacial score (nSPS) is 14.8. The van der Waals surface area contributed by atoms with Crippen LogP contribution in [0.25, 0.3) is 0 Å². The van der Waals surface area contributed by atoms with Gasteiger partial charge in [0.1, 0.15) is 0 Å². The molecule has 1 heterocycles. The van der Waals surface area contributed by atoms with E-state index in [-0.39, 0.29) is 22.0 Å². The summed E-state index contributed by atoms with van der Waals surface area (Å²) in [6.45, 7) is 3.53. The number of benzene rings is 2. The molecule has 1 aliphatic heterocycles. The molecule has 1 aliphatic rings. The van der Waals surface area contributed by atoms with Gasteiger partial charge >= 0.3 is 0 Å². The monoisotopic (exact) mass is 484 g/mol. The molecule has 1 N–H and O–H groups in total. The van der Waals surface area contributed by atoms with Gasteiger partial charge in [0, 0.05) is 31.1 Å². The van der Waals surface area contributed by atoms with Gasteiger partial charge in [-0.25, -0.2) is 8.42 Å². The summed E-state index contributed by atoms with van der Waals surface area (Å²) in [5, 5.41) is 2.98. The summed E-state index contributed by atoms with van der Waals surface area (Å²) < 4.78 is 38.1. The third-order valence-corrected chi connectivity index (χ3v) is 7.94. The Labute approximate surface area is 192 Å². The van der Waals surface area contributed by atoms with Crippen LogP contribution in [0.5, 0.6) is 11.5 Å². The average Bonchev–Trinajstić information content (AvgIpc) is 2.79. The second kappa shape index (κ2) is 10.6. The molecule has 2 aromatic rings. The highest BCUT2D eigenvalue weighted by Crippen LogP contribution is 2.28. The van der Waals surface area contributed by atoms with E-state index in [1.807, 2.05) is 13.0 Å². The lowest BCUT2D eigenvalue weighted by atomic mass is 10.1. The summed E-state index contributed by atoms with van der Waals surface area (Å²) >= 11 is 7.93. The Bertz CT molecular complexity index is 1040. The van der Waals surface area contributed by atoms with Crippen LogP contribution in [0.2, 0.25) is 5.02 Å². The first-order valence-electron chi connectivity index (χ1n) is 9.82. The highest BCUT2D eigenvalue weighted by atomic mass is 35.5. The molecule has 2 aromatic carbocycles. The van der Waals surface area contributed by atoms with Crippen molar-refractivity contribution in [2.24, 2.45) is 0 Å². The maximum Gasteiger partial charge on any atom is 0.253 e. The van der Waals surface area contributed by atoms with Crippen molar-refractivity contribution in [3.8, 4) is 11.5 Å². The van der Waals surface area contributed by atoms with Crippen molar-refractivity contribution >= 4 is 39.3 Å². The van der Waals surface area contributed by atoms with Crippen molar-refractivity contribution < 1.29 is 22.7 Å². The van der Waals surface area contributed by atoms with Gasteiger partial charge in [0.25, 0.3) is 5.91 Å². The lowest BCUT2D eigenvalue weighted by Crippen LogP contribution is -2.38. The highest BCUT2D eigenvalue weighted by Gasteiger charge is 2.27. The van der Waals surface area contributed by atoms with Gasteiger partial charge in [-0.1, -0.05) is 17.7 Å². The van der Waals surface area contributed by atoms with Gasteiger partial charge < -0.3 is 14.8 Å². The Morgan fingerprint density at radius 3 is 2.58 bits per heavy atom. The Kier molecular flexibility index (Phi) is 8.10. The van der Waals surface area contributed by atoms with Gasteiger partial charge in [0.2, 0.25) is 10.0 Å². The van der Waals surface area contributed by atoms with Crippen molar-refractivity contribution in [2.75, 3.05) is 38.3 Å². The maximum atomic E-state index is 12.9. The van der Waals surface area contributed by atoms with E-state index >= 15 is 0 Å². The molecular formula is C21H25ClN2O5S2. The van der Waals surface area contributed by atoms with Crippen LogP contribution in [0, 0.1) is 0 Å². The highest BCUT2D eigenvalue weighted by molar-refractivity contribution is 7.99.